The average molecular weight is 311 g/mol. The van der Waals surface area contributed by atoms with Crippen molar-refractivity contribution in [3.63, 3.8) is 0 Å². The van der Waals surface area contributed by atoms with Gasteiger partial charge in [-0.25, -0.2) is 0 Å². The minimum atomic E-state index is 0.262. The van der Waals surface area contributed by atoms with Crippen LogP contribution >= 0.6 is 0 Å². The zero-order chi connectivity index (χ0) is 16.4. The van der Waals surface area contributed by atoms with Gasteiger partial charge < -0.3 is 19.5 Å². The molecule has 1 aliphatic heterocycles. The summed E-state index contributed by atoms with van der Waals surface area (Å²) in [5, 5.41) is 9.85. The Morgan fingerprint density at radius 3 is 2.52 bits per heavy atom. The molecule has 0 aromatic heterocycles. The van der Waals surface area contributed by atoms with Gasteiger partial charge in [0.05, 0.1) is 0 Å². The highest BCUT2D eigenvalue weighted by Gasteiger charge is 2.17. The van der Waals surface area contributed by atoms with Gasteiger partial charge in [0, 0.05) is 6.54 Å². The molecule has 23 heavy (non-hydrogen) atoms. The molecule has 4 heteroatoms. The van der Waals surface area contributed by atoms with E-state index in [0.29, 0.717) is 0 Å². The van der Waals surface area contributed by atoms with Crippen molar-refractivity contribution < 1.29 is 14.6 Å². The maximum absolute atomic E-state index is 9.85. The number of hydrogen-bond donors (Lipinski definition) is 1. The van der Waals surface area contributed by atoms with Gasteiger partial charge in [0.1, 0.15) is 5.75 Å². The molecule has 0 fully saturated rings. The fourth-order valence-corrected chi connectivity index (χ4v) is 2.93. The van der Waals surface area contributed by atoms with E-state index in [1.54, 1.807) is 12.1 Å². The maximum atomic E-state index is 9.85. The van der Waals surface area contributed by atoms with Gasteiger partial charge in [-0.3, -0.25) is 0 Å². The summed E-state index contributed by atoms with van der Waals surface area (Å²) < 4.78 is 10.9. The molecule has 1 heterocycles. The van der Waals surface area contributed by atoms with Crippen molar-refractivity contribution in [2.45, 2.75) is 6.92 Å². The Morgan fingerprint density at radius 2 is 1.78 bits per heavy atom. The van der Waals surface area contributed by atoms with Crippen LogP contribution in [-0.2, 0) is 0 Å². The van der Waals surface area contributed by atoms with Crippen LogP contribution in [-0.4, -0.2) is 37.4 Å². The first-order chi connectivity index (χ1) is 11.0. The van der Waals surface area contributed by atoms with Crippen LogP contribution in [0.2, 0.25) is 0 Å². The van der Waals surface area contributed by atoms with E-state index >= 15 is 0 Å². The molecular weight excluding hydrogens is 290 g/mol. The summed E-state index contributed by atoms with van der Waals surface area (Å²) in [5.74, 6) is 1.80. The first-order valence-corrected chi connectivity index (χ1v) is 7.58. The van der Waals surface area contributed by atoms with Gasteiger partial charge in [0.25, 0.3) is 0 Å². The largest absolute Gasteiger partial charge is 0.508 e. The third-order valence-corrected chi connectivity index (χ3v) is 3.78. The van der Waals surface area contributed by atoms with E-state index in [1.807, 2.05) is 44.4 Å². The molecule has 0 unspecified atom stereocenters. The Morgan fingerprint density at radius 1 is 1.04 bits per heavy atom. The first-order valence-electron chi connectivity index (χ1n) is 7.58. The van der Waals surface area contributed by atoms with Gasteiger partial charge in [-0.1, -0.05) is 23.8 Å². The molecule has 0 saturated heterocycles. The fourth-order valence-electron chi connectivity index (χ4n) is 2.93. The predicted octanol–water partition coefficient (Wildman–Crippen LogP) is 3.50. The van der Waals surface area contributed by atoms with Crippen LogP contribution in [0.15, 0.2) is 48.0 Å². The van der Waals surface area contributed by atoms with E-state index in [2.05, 4.69) is 11.8 Å². The number of likely N-dealkylation sites (N-methyl/N-ethyl adjacent to an activating group) is 1. The number of fused-ring (bicyclic) bond motifs is 1. The van der Waals surface area contributed by atoms with Crippen molar-refractivity contribution >= 4 is 5.57 Å². The molecule has 1 aliphatic rings. The normalized spacial score (nSPS) is 14.1. The maximum Gasteiger partial charge on any atom is 0.231 e. The Bertz CT molecular complexity index is 750. The third-order valence-electron chi connectivity index (χ3n) is 3.78. The van der Waals surface area contributed by atoms with Crippen molar-refractivity contribution in [1.82, 2.24) is 4.90 Å². The molecule has 2 aromatic carbocycles. The number of rotatable bonds is 4. The van der Waals surface area contributed by atoms with Crippen LogP contribution in [0.25, 0.3) is 5.57 Å². The number of benzene rings is 2. The SMILES string of the molecule is C/C(CN(C)C)=C(\c1cccc(O)c1)c1ccc2c(c1)OCO2. The summed E-state index contributed by atoms with van der Waals surface area (Å²) in [6.07, 6.45) is 0. The standard InChI is InChI=1S/C19H21NO3/c1-13(11-20(2)3)19(14-5-4-6-16(21)9-14)15-7-8-17-18(10-15)23-12-22-17/h4-10,21H,11-12H2,1-3H3/b19-13-. The molecule has 0 amide bonds. The first kappa shape index (κ1) is 15.4. The van der Waals surface area contributed by atoms with Gasteiger partial charge in [0.2, 0.25) is 6.79 Å². The van der Waals surface area contributed by atoms with E-state index in [9.17, 15) is 5.11 Å². The van der Waals surface area contributed by atoms with Crippen LogP contribution in [0.4, 0.5) is 0 Å². The number of aromatic hydroxyl groups is 1. The molecule has 1 N–H and O–H groups in total. The lowest BCUT2D eigenvalue weighted by Crippen LogP contribution is -2.15. The second-order valence-electron chi connectivity index (χ2n) is 6.01. The number of phenols is 1. The molecule has 120 valence electrons. The molecule has 2 aromatic rings. The second kappa shape index (κ2) is 6.34. The summed E-state index contributed by atoms with van der Waals surface area (Å²) >= 11 is 0. The van der Waals surface area contributed by atoms with Crippen molar-refractivity contribution in [2.75, 3.05) is 27.4 Å². The lowest BCUT2D eigenvalue weighted by molar-refractivity contribution is 0.174. The second-order valence-corrected chi connectivity index (χ2v) is 6.01. The minimum Gasteiger partial charge on any atom is -0.508 e. The van der Waals surface area contributed by atoms with Crippen molar-refractivity contribution in [3.8, 4) is 17.2 Å². The van der Waals surface area contributed by atoms with E-state index < -0.39 is 0 Å². The Hall–Kier alpha value is -2.46. The molecule has 0 radical (unpaired) electrons. The molecule has 0 atom stereocenters. The van der Waals surface area contributed by atoms with E-state index in [1.165, 1.54) is 5.57 Å². The molecular formula is C19H21NO3. The van der Waals surface area contributed by atoms with Gasteiger partial charge >= 0.3 is 0 Å². The van der Waals surface area contributed by atoms with Crippen LogP contribution in [0.5, 0.6) is 17.2 Å². The Labute approximate surface area is 136 Å². The summed E-state index contributed by atoms with van der Waals surface area (Å²) in [4.78, 5) is 2.13. The molecule has 0 spiro atoms. The lowest BCUT2D eigenvalue weighted by Gasteiger charge is -2.17. The van der Waals surface area contributed by atoms with Crippen LogP contribution in [0, 0.1) is 0 Å². The summed E-state index contributed by atoms with van der Waals surface area (Å²) in [6, 6.07) is 13.3. The van der Waals surface area contributed by atoms with Crippen LogP contribution < -0.4 is 9.47 Å². The molecule has 3 rings (SSSR count). The lowest BCUT2D eigenvalue weighted by atomic mass is 9.93. The minimum absolute atomic E-state index is 0.262. The van der Waals surface area contributed by atoms with Crippen molar-refractivity contribution in [1.29, 1.82) is 0 Å². The highest BCUT2D eigenvalue weighted by molar-refractivity contribution is 5.83. The van der Waals surface area contributed by atoms with Crippen molar-refractivity contribution in [3.05, 3.63) is 59.2 Å². The average Bonchev–Trinajstić information content (AvgIpc) is 2.94. The van der Waals surface area contributed by atoms with Crippen LogP contribution in [0.1, 0.15) is 18.1 Å². The van der Waals surface area contributed by atoms with Gasteiger partial charge in [-0.2, -0.15) is 0 Å². The zero-order valence-electron chi connectivity index (χ0n) is 13.7. The number of nitrogens with zero attached hydrogens (tertiary/aromatic N) is 1. The number of phenolic OH excluding ortho intramolecular Hbond substituents is 1. The number of hydrogen-bond acceptors (Lipinski definition) is 4. The highest BCUT2D eigenvalue weighted by atomic mass is 16.7. The topological polar surface area (TPSA) is 41.9 Å². The van der Waals surface area contributed by atoms with Crippen LogP contribution in [0.3, 0.4) is 0 Å². The smallest absolute Gasteiger partial charge is 0.231 e. The molecule has 0 aliphatic carbocycles. The third kappa shape index (κ3) is 3.32. The van der Waals surface area contributed by atoms with E-state index in [4.69, 9.17) is 9.47 Å². The zero-order valence-corrected chi connectivity index (χ0v) is 13.7. The van der Waals surface area contributed by atoms with Gasteiger partial charge in [-0.05, 0) is 62.0 Å². The summed E-state index contributed by atoms with van der Waals surface area (Å²) in [6.45, 7) is 3.21. The van der Waals surface area contributed by atoms with E-state index in [0.717, 1.165) is 34.7 Å². The molecule has 0 bridgehead atoms. The van der Waals surface area contributed by atoms with Gasteiger partial charge in [-0.15, -0.1) is 0 Å². The highest BCUT2D eigenvalue weighted by Crippen LogP contribution is 2.37. The summed E-state index contributed by atoms with van der Waals surface area (Å²) in [5.41, 5.74) is 4.37. The van der Waals surface area contributed by atoms with Gasteiger partial charge in [0.15, 0.2) is 11.5 Å². The van der Waals surface area contributed by atoms with Crippen molar-refractivity contribution in [2.24, 2.45) is 0 Å². The molecule has 0 saturated carbocycles. The fraction of sp³-hybridized carbons (Fsp3) is 0.263. The molecule has 4 nitrogen and oxygen atoms in total. The quantitative estimate of drug-likeness (QED) is 0.938. The Kier molecular flexibility index (Phi) is 4.26. The Balaban J connectivity index is 2.12. The predicted molar refractivity (Wildman–Crippen MR) is 90.9 cm³/mol. The monoisotopic (exact) mass is 311 g/mol. The van der Waals surface area contributed by atoms with E-state index in [-0.39, 0.29) is 12.5 Å². The summed E-state index contributed by atoms with van der Waals surface area (Å²) in [7, 11) is 4.09. The number of ether oxygens (including phenoxy) is 2.